The molecular formula is C50H42ClF10N13O6. The van der Waals surface area contributed by atoms with Gasteiger partial charge in [-0.2, -0.15) is 39.5 Å². The molecule has 0 aliphatic heterocycles. The molecule has 0 spiro atoms. The van der Waals surface area contributed by atoms with E-state index in [1.807, 2.05) is 0 Å². The maximum absolute atomic E-state index is 13.8. The number of hydrogen-bond acceptors (Lipinski definition) is 7. The van der Waals surface area contributed by atoms with Crippen LogP contribution in [0.5, 0.6) is 0 Å². The molecule has 19 nitrogen and oxygen atoms in total. The Morgan fingerprint density at radius 2 is 0.800 bits per heavy atom. The molecule has 0 aliphatic rings. The summed E-state index contributed by atoms with van der Waals surface area (Å²) in [6.07, 6.45) is -13.6. The van der Waals surface area contributed by atoms with Gasteiger partial charge in [0.2, 0.25) is 0 Å². The van der Waals surface area contributed by atoms with Gasteiger partial charge in [-0.1, -0.05) is 48.0 Å². The highest BCUT2D eigenvalue weighted by Gasteiger charge is 2.33. The van der Waals surface area contributed by atoms with Gasteiger partial charge in [-0.25, -0.2) is 33.2 Å². The van der Waals surface area contributed by atoms with E-state index >= 15 is 0 Å². The lowest BCUT2D eigenvalue weighted by Gasteiger charge is -2.20. The standard InChI is InChI=1S/C18H18F3N5O2.C16H12ClF3N4O2.C16H12F4N4O2/c1-26(2)14-8-11(18(19,20)21)7-6-10(14)9-22-16(27)23-12-4-3-5-13-15(12)25-17(28)24-13;2*17-10-6-9(16(18,19)20)5-4-8(10)7-21-14(25)22-11-2-1-3-12-13(11)24-15(26)23-12/h3-8H,9H2,1-2H3,(H2,22,23,27)(H2,24,25,28);2*1-6H,7H2,(H2,21,22,25)(H2,23,24,26). The van der Waals surface area contributed by atoms with E-state index in [2.05, 4.69) is 61.8 Å². The molecule has 3 heterocycles. The van der Waals surface area contributed by atoms with Crippen molar-refractivity contribution in [2.45, 2.75) is 38.2 Å². The molecule has 0 unspecified atom stereocenters. The second-order valence-electron chi connectivity index (χ2n) is 17.2. The molecular weight excluding hydrogens is 1100 g/mol. The van der Waals surface area contributed by atoms with Gasteiger partial charge in [0, 0.05) is 50.0 Å². The lowest BCUT2D eigenvalue weighted by atomic mass is 10.1. The highest BCUT2D eigenvalue weighted by molar-refractivity contribution is 6.31. The fourth-order valence-electron chi connectivity index (χ4n) is 7.55. The zero-order chi connectivity index (χ0) is 58.3. The van der Waals surface area contributed by atoms with E-state index in [0.717, 1.165) is 36.4 Å². The Bertz CT molecular complexity index is 3750. The van der Waals surface area contributed by atoms with Gasteiger partial charge in [-0.15, -0.1) is 0 Å². The first-order valence-electron chi connectivity index (χ1n) is 23.0. The first-order valence-corrected chi connectivity index (χ1v) is 23.4. The Morgan fingerprint density at radius 1 is 0.463 bits per heavy atom. The van der Waals surface area contributed by atoms with Gasteiger partial charge < -0.3 is 66.7 Å². The normalized spacial score (nSPS) is 11.5. The minimum absolute atomic E-state index is 0.0249. The van der Waals surface area contributed by atoms with Crippen molar-refractivity contribution in [1.29, 1.82) is 0 Å². The molecule has 6 amide bonds. The van der Waals surface area contributed by atoms with Gasteiger partial charge in [0.25, 0.3) is 0 Å². The number of benzene rings is 6. The Labute approximate surface area is 446 Å². The number of aromatic amines is 6. The van der Waals surface area contributed by atoms with Gasteiger partial charge in [0.05, 0.1) is 66.9 Å². The van der Waals surface area contributed by atoms with E-state index in [9.17, 15) is 72.7 Å². The third-order valence-electron chi connectivity index (χ3n) is 11.4. The van der Waals surface area contributed by atoms with Gasteiger partial charge in [0.15, 0.2) is 0 Å². The summed E-state index contributed by atoms with van der Waals surface area (Å²) in [7, 11) is 3.25. The quantitative estimate of drug-likeness (QED) is 0.0588. The van der Waals surface area contributed by atoms with E-state index < -0.39 is 76.2 Å². The molecule has 0 aliphatic carbocycles. The van der Waals surface area contributed by atoms with Crippen LogP contribution in [0.3, 0.4) is 0 Å². The highest BCUT2D eigenvalue weighted by atomic mass is 35.5. The summed E-state index contributed by atoms with van der Waals surface area (Å²) in [6, 6.07) is 21.1. The number of carbonyl (C=O) groups is 3. The summed E-state index contributed by atoms with van der Waals surface area (Å²) in [5, 5.41) is 15.0. The molecule has 80 heavy (non-hydrogen) atoms. The first kappa shape index (κ1) is 58.0. The number of carbonyl (C=O) groups excluding carboxylic acids is 3. The van der Waals surface area contributed by atoms with Crippen LogP contribution in [0.15, 0.2) is 124 Å². The van der Waals surface area contributed by atoms with Crippen LogP contribution in [0.1, 0.15) is 33.4 Å². The van der Waals surface area contributed by atoms with Crippen molar-refractivity contribution < 1.29 is 58.3 Å². The number of urea groups is 3. The van der Waals surface area contributed by atoms with Crippen LogP contribution in [0.2, 0.25) is 5.02 Å². The number of amides is 6. The van der Waals surface area contributed by atoms with Crippen LogP contribution >= 0.6 is 11.6 Å². The predicted octanol–water partition coefficient (Wildman–Crippen LogP) is 10.4. The van der Waals surface area contributed by atoms with Crippen molar-refractivity contribution in [3.63, 3.8) is 0 Å². The maximum Gasteiger partial charge on any atom is 0.416 e. The number of imidazole rings is 3. The third kappa shape index (κ3) is 14.9. The van der Waals surface area contributed by atoms with Crippen LogP contribution in [0.25, 0.3) is 33.1 Å². The molecule has 0 radical (unpaired) electrons. The fourth-order valence-corrected chi connectivity index (χ4v) is 7.80. The molecule has 9 aromatic rings. The Kier molecular flexibility index (Phi) is 17.3. The van der Waals surface area contributed by atoms with Gasteiger partial charge >= 0.3 is 53.7 Å². The lowest BCUT2D eigenvalue weighted by molar-refractivity contribution is -0.138. The maximum atomic E-state index is 13.8. The van der Waals surface area contributed by atoms with Crippen LogP contribution in [0, 0.1) is 5.82 Å². The minimum atomic E-state index is -4.64. The number of fused-ring (bicyclic) bond motifs is 3. The molecule has 9 rings (SSSR count). The minimum Gasteiger partial charge on any atom is -0.377 e. The largest absolute Gasteiger partial charge is 0.416 e. The van der Waals surface area contributed by atoms with Crippen molar-refractivity contribution in [1.82, 2.24) is 45.9 Å². The fraction of sp³-hybridized carbons (Fsp3) is 0.160. The van der Waals surface area contributed by atoms with Gasteiger partial charge in [0.1, 0.15) is 5.82 Å². The smallest absolute Gasteiger partial charge is 0.377 e. The molecule has 3 aromatic heterocycles. The van der Waals surface area contributed by atoms with Crippen LogP contribution in [-0.4, -0.2) is 62.1 Å². The molecule has 30 heteroatoms. The Morgan fingerprint density at radius 3 is 1.16 bits per heavy atom. The number of H-pyrrole nitrogens is 6. The second kappa shape index (κ2) is 23.9. The summed E-state index contributed by atoms with van der Waals surface area (Å²) in [5.74, 6) is -1.07. The number of rotatable bonds is 10. The van der Waals surface area contributed by atoms with Crippen molar-refractivity contribution in [2.75, 3.05) is 34.9 Å². The average Bonchev–Trinajstić information content (AvgIpc) is 4.13. The summed E-state index contributed by atoms with van der Waals surface area (Å²) in [5.41, 5.74) is 1.05. The van der Waals surface area contributed by atoms with Crippen molar-refractivity contribution in [2.24, 2.45) is 0 Å². The topological polar surface area (TPSA) is 273 Å². The zero-order valence-electron chi connectivity index (χ0n) is 41.1. The molecule has 420 valence electrons. The third-order valence-corrected chi connectivity index (χ3v) is 11.7. The SMILES string of the molecule is CN(C)c1cc(C(F)(F)F)ccc1CNC(=O)Nc1cccc2[nH]c(=O)[nH]c12.O=C(NCc1ccc(C(F)(F)F)cc1Cl)Nc1cccc2[nH]c(=O)[nH]c12.O=C(NCc1ccc(C(F)(F)F)cc1F)Nc1cccc2[nH]c(=O)[nH]c12. The highest BCUT2D eigenvalue weighted by Crippen LogP contribution is 2.35. The summed E-state index contributed by atoms with van der Waals surface area (Å²) >= 11 is 5.84. The molecule has 0 fully saturated rings. The van der Waals surface area contributed by atoms with Crippen molar-refractivity contribution in [3.8, 4) is 0 Å². The van der Waals surface area contributed by atoms with Crippen molar-refractivity contribution in [3.05, 3.63) is 185 Å². The molecule has 0 atom stereocenters. The average molecular weight is 1150 g/mol. The number of anilines is 4. The zero-order valence-corrected chi connectivity index (χ0v) is 41.8. The summed E-state index contributed by atoms with van der Waals surface area (Å²) in [6.45, 7) is -0.352. The predicted molar refractivity (Wildman–Crippen MR) is 278 cm³/mol. The summed E-state index contributed by atoms with van der Waals surface area (Å²) < 4.78 is 128. The van der Waals surface area contributed by atoms with Gasteiger partial charge in [-0.3, -0.25) is 0 Å². The van der Waals surface area contributed by atoms with Crippen LogP contribution in [-0.2, 0) is 38.2 Å². The lowest BCUT2D eigenvalue weighted by Crippen LogP contribution is -2.29. The number of nitrogens with one attached hydrogen (secondary N) is 12. The number of alkyl halides is 9. The number of halogens is 11. The van der Waals surface area contributed by atoms with E-state index in [-0.39, 0.29) is 30.2 Å². The Hall–Kier alpha value is -9.67. The number of aromatic nitrogens is 6. The molecule has 0 bridgehead atoms. The first-order chi connectivity index (χ1) is 37.6. The van der Waals surface area contributed by atoms with Crippen LogP contribution < -0.4 is 53.9 Å². The van der Waals surface area contributed by atoms with E-state index in [0.29, 0.717) is 73.0 Å². The number of para-hydroxylation sites is 3. The molecule has 12 N–H and O–H groups in total. The molecule has 6 aromatic carbocycles. The Balaban J connectivity index is 0.000000174. The van der Waals surface area contributed by atoms with E-state index in [1.54, 1.807) is 73.6 Å². The number of nitrogens with zero attached hydrogens (tertiary/aromatic N) is 1. The van der Waals surface area contributed by atoms with Gasteiger partial charge in [-0.05, 0) is 83.9 Å². The number of hydrogen-bond donors (Lipinski definition) is 12. The van der Waals surface area contributed by atoms with E-state index in [4.69, 9.17) is 11.6 Å². The summed E-state index contributed by atoms with van der Waals surface area (Å²) in [4.78, 5) is 87.1. The molecule has 0 saturated heterocycles. The van der Waals surface area contributed by atoms with Crippen molar-refractivity contribution >= 4 is 85.5 Å². The second-order valence-corrected chi connectivity index (χ2v) is 17.6. The van der Waals surface area contributed by atoms with Crippen LogP contribution in [0.4, 0.5) is 81.0 Å². The van der Waals surface area contributed by atoms with E-state index in [1.165, 1.54) is 12.1 Å². The molecule has 0 saturated carbocycles. The monoisotopic (exact) mass is 1150 g/mol.